The van der Waals surface area contributed by atoms with Crippen LogP contribution < -0.4 is 0 Å². The third-order valence-corrected chi connectivity index (χ3v) is 6.62. The van der Waals surface area contributed by atoms with Gasteiger partial charge in [-0.2, -0.15) is 0 Å². The fourth-order valence-electron chi connectivity index (χ4n) is 3.41. The summed E-state index contributed by atoms with van der Waals surface area (Å²) in [7, 11) is 0. The molecule has 122 valence electrons. The van der Waals surface area contributed by atoms with Crippen LogP contribution in [0.1, 0.15) is 32.5 Å². The minimum atomic E-state index is 0.0801. The highest BCUT2D eigenvalue weighted by molar-refractivity contribution is 7.10. The second-order valence-corrected chi connectivity index (χ2v) is 8.14. The normalized spacial score (nSPS) is 16.9. The molecular weight excluding hydrogens is 334 g/mol. The predicted molar refractivity (Wildman–Crippen MR) is 101 cm³/mol. The third-order valence-electron chi connectivity index (χ3n) is 4.70. The number of fused-ring (bicyclic) bond motifs is 1. The van der Waals surface area contributed by atoms with E-state index in [0.29, 0.717) is 6.42 Å². The predicted octanol–water partition coefficient (Wildman–Crippen LogP) is 4.83. The van der Waals surface area contributed by atoms with Gasteiger partial charge in [0, 0.05) is 16.3 Å². The zero-order chi connectivity index (χ0) is 16.5. The van der Waals surface area contributed by atoms with E-state index in [1.807, 2.05) is 23.5 Å². The quantitative estimate of drug-likeness (QED) is 0.660. The van der Waals surface area contributed by atoms with E-state index < -0.39 is 0 Å². The average Bonchev–Trinajstić information content (AvgIpc) is 3.27. The van der Waals surface area contributed by atoms with Crippen molar-refractivity contribution in [3.05, 3.63) is 79.7 Å². The number of hydrogen-bond donors (Lipinski definition) is 0. The van der Waals surface area contributed by atoms with E-state index in [2.05, 4.69) is 52.9 Å². The van der Waals surface area contributed by atoms with Gasteiger partial charge in [-0.3, -0.25) is 4.79 Å². The monoisotopic (exact) mass is 353 g/mol. The number of rotatable bonds is 3. The molecule has 24 heavy (non-hydrogen) atoms. The van der Waals surface area contributed by atoms with Gasteiger partial charge in [-0.05, 0) is 52.9 Å². The molecule has 4 heteroatoms. The van der Waals surface area contributed by atoms with Gasteiger partial charge in [-0.1, -0.05) is 30.3 Å². The zero-order valence-electron chi connectivity index (χ0n) is 13.6. The highest BCUT2D eigenvalue weighted by atomic mass is 32.1. The van der Waals surface area contributed by atoms with E-state index in [0.717, 1.165) is 18.5 Å². The van der Waals surface area contributed by atoms with Crippen LogP contribution >= 0.6 is 22.7 Å². The fraction of sp³-hybridized carbons (Fsp3) is 0.250. The summed E-state index contributed by atoms with van der Waals surface area (Å²) in [6.45, 7) is 2.88. The van der Waals surface area contributed by atoms with Gasteiger partial charge in [-0.25, -0.2) is 0 Å². The van der Waals surface area contributed by atoms with E-state index in [4.69, 9.17) is 0 Å². The van der Waals surface area contributed by atoms with E-state index in [-0.39, 0.29) is 11.9 Å². The van der Waals surface area contributed by atoms with Gasteiger partial charge >= 0.3 is 0 Å². The Morgan fingerprint density at radius 3 is 2.79 bits per heavy atom. The molecule has 2 nitrogen and oxygen atoms in total. The van der Waals surface area contributed by atoms with Gasteiger partial charge < -0.3 is 4.90 Å². The number of carbonyl (C=O) groups excluding carboxylic acids is 1. The second-order valence-electron chi connectivity index (χ2n) is 6.16. The van der Waals surface area contributed by atoms with Crippen LogP contribution in [0.25, 0.3) is 0 Å². The lowest BCUT2D eigenvalue weighted by atomic mass is 9.97. The second kappa shape index (κ2) is 6.54. The number of aryl methyl sites for hydroxylation is 1. The van der Waals surface area contributed by atoms with Crippen LogP contribution in [0.3, 0.4) is 0 Å². The molecule has 4 rings (SSSR count). The van der Waals surface area contributed by atoms with Crippen LogP contribution in [-0.2, 0) is 17.6 Å². The summed E-state index contributed by atoms with van der Waals surface area (Å²) in [4.78, 5) is 17.8. The van der Waals surface area contributed by atoms with Crippen molar-refractivity contribution in [1.29, 1.82) is 0 Å². The van der Waals surface area contributed by atoms with Gasteiger partial charge in [0.15, 0.2) is 0 Å². The summed E-state index contributed by atoms with van der Waals surface area (Å²) in [6.07, 6.45) is 1.45. The third kappa shape index (κ3) is 2.80. The Hall–Kier alpha value is -1.91. The smallest absolute Gasteiger partial charge is 0.227 e. The molecule has 0 aliphatic carbocycles. The van der Waals surface area contributed by atoms with Crippen molar-refractivity contribution >= 4 is 28.6 Å². The van der Waals surface area contributed by atoms with Crippen molar-refractivity contribution in [2.75, 3.05) is 6.54 Å². The minimum absolute atomic E-state index is 0.0801. The maximum absolute atomic E-state index is 13.1. The first-order chi connectivity index (χ1) is 11.7. The van der Waals surface area contributed by atoms with Crippen LogP contribution in [0.4, 0.5) is 0 Å². The SMILES string of the molecule is Cc1ccccc1CC(=O)N1CCc2sccc2C1c1cccs1. The molecule has 0 N–H and O–H groups in total. The highest BCUT2D eigenvalue weighted by Crippen LogP contribution is 2.39. The van der Waals surface area contributed by atoms with E-state index in [9.17, 15) is 4.79 Å². The maximum atomic E-state index is 13.1. The zero-order valence-corrected chi connectivity index (χ0v) is 15.2. The fourth-order valence-corrected chi connectivity index (χ4v) is 5.17. The van der Waals surface area contributed by atoms with Crippen LogP contribution in [0.2, 0.25) is 0 Å². The molecule has 3 aromatic rings. The number of thiophene rings is 2. The van der Waals surface area contributed by atoms with E-state index in [1.54, 1.807) is 11.3 Å². The van der Waals surface area contributed by atoms with E-state index >= 15 is 0 Å². The molecule has 1 amide bonds. The van der Waals surface area contributed by atoms with Gasteiger partial charge in [0.25, 0.3) is 0 Å². The van der Waals surface area contributed by atoms with Crippen molar-refractivity contribution in [2.45, 2.75) is 25.8 Å². The van der Waals surface area contributed by atoms with Crippen molar-refractivity contribution in [1.82, 2.24) is 4.90 Å². The largest absolute Gasteiger partial charge is 0.330 e. The standard InChI is InChI=1S/C20H19NOS2/c1-14-5-2-3-6-15(14)13-19(22)21-10-8-17-16(9-12-24-17)20(21)18-7-4-11-23-18/h2-7,9,11-12,20H,8,10,13H2,1H3. The number of amides is 1. The summed E-state index contributed by atoms with van der Waals surface area (Å²) in [5.41, 5.74) is 3.63. The first kappa shape index (κ1) is 15.6. The number of nitrogens with zero attached hydrogens (tertiary/aromatic N) is 1. The number of benzene rings is 1. The van der Waals surface area contributed by atoms with E-state index in [1.165, 1.54) is 20.9 Å². The molecule has 0 fully saturated rings. The highest BCUT2D eigenvalue weighted by Gasteiger charge is 2.33. The van der Waals surface area contributed by atoms with Crippen molar-refractivity contribution in [3.8, 4) is 0 Å². The molecule has 0 radical (unpaired) electrons. The summed E-state index contributed by atoms with van der Waals surface area (Å²) in [5.74, 6) is 0.222. The van der Waals surface area contributed by atoms with Crippen LogP contribution in [0.5, 0.6) is 0 Å². The molecule has 1 aliphatic heterocycles. The van der Waals surface area contributed by atoms with Gasteiger partial charge in [0.2, 0.25) is 5.91 Å². The van der Waals surface area contributed by atoms with Gasteiger partial charge in [0.05, 0.1) is 12.5 Å². The summed E-state index contributed by atoms with van der Waals surface area (Å²) in [6, 6.07) is 14.7. The first-order valence-corrected chi connectivity index (χ1v) is 9.93. The molecule has 1 unspecified atom stereocenters. The lowest BCUT2D eigenvalue weighted by Crippen LogP contribution is -2.40. The van der Waals surface area contributed by atoms with Crippen molar-refractivity contribution in [2.24, 2.45) is 0 Å². The minimum Gasteiger partial charge on any atom is -0.330 e. The Morgan fingerprint density at radius 2 is 2.00 bits per heavy atom. The van der Waals surface area contributed by atoms with Gasteiger partial charge in [-0.15, -0.1) is 22.7 Å². The Balaban J connectivity index is 1.66. The molecule has 2 aromatic heterocycles. The molecule has 3 heterocycles. The Morgan fingerprint density at radius 1 is 1.12 bits per heavy atom. The molecule has 0 spiro atoms. The first-order valence-electron chi connectivity index (χ1n) is 8.17. The molecule has 1 aromatic carbocycles. The average molecular weight is 354 g/mol. The molecule has 1 aliphatic rings. The van der Waals surface area contributed by atoms with Crippen LogP contribution in [-0.4, -0.2) is 17.4 Å². The Labute approximate surface area is 150 Å². The summed E-state index contributed by atoms with van der Waals surface area (Å²) < 4.78 is 0. The van der Waals surface area contributed by atoms with Crippen molar-refractivity contribution < 1.29 is 4.79 Å². The lowest BCUT2D eigenvalue weighted by Gasteiger charge is -2.35. The number of hydrogen-bond acceptors (Lipinski definition) is 3. The van der Waals surface area contributed by atoms with Crippen LogP contribution in [0, 0.1) is 6.92 Å². The Kier molecular flexibility index (Phi) is 4.25. The van der Waals surface area contributed by atoms with Crippen LogP contribution in [0.15, 0.2) is 53.2 Å². The number of carbonyl (C=O) groups is 1. The van der Waals surface area contributed by atoms with Gasteiger partial charge in [0.1, 0.15) is 0 Å². The molecular formula is C20H19NOS2. The summed E-state index contributed by atoms with van der Waals surface area (Å²) >= 11 is 3.55. The Bertz CT molecular complexity index is 850. The topological polar surface area (TPSA) is 20.3 Å². The lowest BCUT2D eigenvalue weighted by molar-refractivity contribution is -0.132. The molecule has 0 saturated carbocycles. The molecule has 0 saturated heterocycles. The van der Waals surface area contributed by atoms with Crippen molar-refractivity contribution in [3.63, 3.8) is 0 Å². The molecule has 1 atom stereocenters. The maximum Gasteiger partial charge on any atom is 0.227 e. The summed E-state index contributed by atoms with van der Waals surface area (Å²) in [5, 5.41) is 4.25. The molecule has 0 bridgehead atoms.